The van der Waals surface area contributed by atoms with Crippen LogP contribution in [0.3, 0.4) is 0 Å². The van der Waals surface area contributed by atoms with Crippen LogP contribution in [0.25, 0.3) is 11.4 Å². The number of rotatable bonds is 3. The minimum Gasteiger partial charge on any atom is -0.383 e. The van der Waals surface area contributed by atoms with Gasteiger partial charge in [-0.05, 0) is 50.3 Å². The van der Waals surface area contributed by atoms with Crippen LogP contribution in [0.4, 0.5) is 5.82 Å². The summed E-state index contributed by atoms with van der Waals surface area (Å²) in [5.74, 6) is 1.56. The van der Waals surface area contributed by atoms with Gasteiger partial charge in [-0.15, -0.1) is 0 Å². The predicted octanol–water partition coefficient (Wildman–Crippen LogP) is 3.84. The van der Waals surface area contributed by atoms with Gasteiger partial charge in [-0.25, -0.2) is 9.97 Å². The first-order chi connectivity index (χ1) is 8.97. The zero-order chi connectivity index (χ0) is 14.0. The van der Waals surface area contributed by atoms with Crippen molar-refractivity contribution in [2.45, 2.75) is 20.3 Å². The smallest absolute Gasteiger partial charge is 0.163 e. The Balaban J connectivity index is 2.50. The van der Waals surface area contributed by atoms with Crippen LogP contribution >= 0.6 is 31.9 Å². The van der Waals surface area contributed by atoms with Crippen LogP contribution in [-0.4, -0.2) is 15.0 Å². The normalized spacial score (nSPS) is 11.0. The number of anilines is 1. The summed E-state index contributed by atoms with van der Waals surface area (Å²) in [7, 11) is 0. The van der Waals surface area contributed by atoms with Gasteiger partial charge in [0.1, 0.15) is 5.82 Å². The number of nitrogens with two attached hydrogens (primary N) is 1. The molecule has 0 radical (unpaired) electrons. The van der Waals surface area contributed by atoms with Crippen LogP contribution in [-0.2, 0) is 6.42 Å². The van der Waals surface area contributed by atoms with Crippen molar-refractivity contribution in [2.75, 3.05) is 5.73 Å². The second-order valence-electron chi connectivity index (χ2n) is 4.68. The molecule has 0 atom stereocenters. The molecule has 0 bridgehead atoms. The summed E-state index contributed by atoms with van der Waals surface area (Å²) in [6.45, 7) is 4.29. The van der Waals surface area contributed by atoms with Crippen molar-refractivity contribution in [3.05, 3.63) is 33.1 Å². The lowest BCUT2D eigenvalue weighted by molar-refractivity contribution is 0.633. The molecule has 0 aliphatic rings. The summed E-state index contributed by atoms with van der Waals surface area (Å²) in [5.41, 5.74) is 7.72. The zero-order valence-corrected chi connectivity index (χ0v) is 13.9. The van der Waals surface area contributed by atoms with Crippen molar-refractivity contribution in [2.24, 2.45) is 5.92 Å². The second kappa shape index (κ2) is 5.96. The van der Waals surface area contributed by atoms with Gasteiger partial charge in [-0.1, -0.05) is 13.8 Å². The summed E-state index contributed by atoms with van der Waals surface area (Å²) < 4.78 is 1.67. The molecule has 2 aromatic heterocycles. The van der Waals surface area contributed by atoms with Crippen molar-refractivity contribution in [1.82, 2.24) is 15.0 Å². The highest BCUT2D eigenvalue weighted by molar-refractivity contribution is 9.10. The topological polar surface area (TPSA) is 64.7 Å². The lowest BCUT2D eigenvalue weighted by Gasteiger charge is -2.10. The number of nitrogen functional groups attached to an aromatic ring is 1. The highest BCUT2D eigenvalue weighted by Crippen LogP contribution is 2.27. The van der Waals surface area contributed by atoms with Crippen molar-refractivity contribution in [1.29, 1.82) is 0 Å². The van der Waals surface area contributed by atoms with E-state index in [9.17, 15) is 0 Å². The molecule has 0 spiro atoms. The van der Waals surface area contributed by atoms with E-state index in [1.54, 1.807) is 12.4 Å². The van der Waals surface area contributed by atoms with E-state index in [0.717, 1.165) is 26.6 Å². The molecule has 0 aliphatic heterocycles. The van der Waals surface area contributed by atoms with E-state index in [2.05, 4.69) is 60.7 Å². The molecule has 0 aromatic carbocycles. The molecular weight excluding hydrogens is 372 g/mol. The average Bonchev–Trinajstić information content (AvgIpc) is 2.34. The molecule has 0 unspecified atom stereocenters. The lowest BCUT2D eigenvalue weighted by Crippen LogP contribution is -2.05. The maximum atomic E-state index is 5.94. The van der Waals surface area contributed by atoms with Crippen molar-refractivity contribution < 1.29 is 0 Å². The molecule has 2 N–H and O–H groups in total. The Hall–Kier alpha value is -1.01. The molecular formula is C13H14Br2N4. The Bertz CT molecular complexity index is 599. The maximum absolute atomic E-state index is 5.94. The molecule has 0 fully saturated rings. The van der Waals surface area contributed by atoms with Gasteiger partial charge in [-0.3, -0.25) is 4.98 Å². The van der Waals surface area contributed by atoms with E-state index >= 15 is 0 Å². The Morgan fingerprint density at radius 2 is 1.95 bits per heavy atom. The Morgan fingerprint density at radius 1 is 1.21 bits per heavy atom. The molecule has 2 aromatic rings. The number of aromatic nitrogens is 3. The minimum atomic E-state index is 0.459. The third-order valence-electron chi connectivity index (χ3n) is 2.51. The van der Waals surface area contributed by atoms with Gasteiger partial charge < -0.3 is 5.73 Å². The highest BCUT2D eigenvalue weighted by atomic mass is 79.9. The summed E-state index contributed by atoms with van der Waals surface area (Å²) in [6, 6.07) is 1.93. The second-order valence-corrected chi connectivity index (χ2v) is 6.39. The largest absolute Gasteiger partial charge is 0.383 e. The van der Waals surface area contributed by atoms with Gasteiger partial charge in [0.25, 0.3) is 0 Å². The number of hydrogen-bond acceptors (Lipinski definition) is 4. The number of hydrogen-bond donors (Lipinski definition) is 1. The first-order valence-corrected chi connectivity index (χ1v) is 7.48. The average molecular weight is 386 g/mol. The third kappa shape index (κ3) is 3.51. The molecule has 0 saturated carbocycles. The molecule has 2 rings (SSSR count). The number of pyridine rings is 1. The van der Waals surface area contributed by atoms with Gasteiger partial charge >= 0.3 is 0 Å². The molecule has 0 amide bonds. The lowest BCUT2D eigenvalue weighted by atomic mass is 10.1. The Labute approximate surface area is 129 Å². The first kappa shape index (κ1) is 14.4. The fraction of sp³-hybridized carbons (Fsp3) is 0.308. The number of nitrogens with zero attached hydrogens (tertiary/aromatic N) is 3. The van der Waals surface area contributed by atoms with E-state index < -0.39 is 0 Å². The van der Waals surface area contributed by atoms with Crippen LogP contribution in [0, 0.1) is 5.92 Å². The molecule has 0 aliphatic carbocycles. The minimum absolute atomic E-state index is 0.459. The van der Waals surface area contributed by atoms with Crippen molar-refractivity contribution in [3.8, 4) is 11.4 Å². The van der Waals surface area contributed by atoms with E-state index in [4.69, 9.17) is 5.73 Å². The van der Waals surface area contributed by atoms with E-state index in [-0.39, 0.29) is 0 Å². The van der Waals surface area contributed by atoms with Crippen LogP contribution < -0.4 is 5.73 Å². The predicted molar refractivity (Wildman–Crippen MR) is 83.6 cm³/mol. The van der Waals surface area contributed by atoms with Gasteiger partial charge in [0, 0.05) is 22.4 Å². The molecule has 4 nitrogen and oxygen atoms in total. The number of halogens is 2. The van der Waals surface area contributed by atoms with Crippen LogP contribution in [0.15, 0.2) is 27.4 Å². The van der Waals surface area contributed by atoms with E-state index in [0.29, 0.717) is 17.6 Å². The van der Waals surface area contributed by atoms with Gasteiger partial charge in [0.05, 0.1) is 10.2 Å². The summed E-state index contributed by atoms with van der Waals surface area (Å²) >= 11 is 6.85. The maximum Gasteiger partial charge on any atom is 0.163 e. The molecule has 100 valence electrons. The fourth-order valence-corrected chi connectivity index (χ4v) is 2.40. The summed E-state index contributed by atoms with van der Waals surface area (Å²) in [6.07, 6.45) is 4.30. The van der Waals surface area contributed by atoms with Crippen LogP contribution in [0.2, 0.25) is 0 Å². The first-order valence-electron chi connectivity index (χ1n) is 5.90. The molecule has 19 heavy (non-hydrogen) atoms. The monoisotopic (exact) mass is 384 g/mol. The van der Waals surface area contributed by atoms with Crippen molar-refractivity contribution in [3.63, 3.8) is 0 Å². The Kier molecular flexibility index (Phi) is 4.52. The Morgan fingerprint density at radius 3 is 2.58 bits per heavy atom. The fourth-order valence-electron chi connectivity index (χ4n) is 1.70. The quantitative estimate of drug-likeness (QED) is 0.871. The standard InChI is InChI=1S/C13H14Br2N4/c1-7(2)3-10-11(15)12(16)19-13(18-10)8-4-9(14)6-17-5-8/h4-7H,3H2,1-2H3,(H2,16,18,19). The van der Waals surface area contributed by atoms with E-state index in [1.807, 2.05) is 6.07 Å². The van der Waals surface area contributed by atoms with Gasteiger partial charge in [0.2, 0.25) is 0 Å². The SMILES string of the molecule is CC(C)Cc1nc(-c2cncc(Br)c2)nc(N)c1Br. The zero-order valence-electron chi connectivity index (χ0n) is 10.7. The summed E-state index contributed by atoms with van der Waals surface area (Å²) in [5, 5.41) is 0. The van der Waals surface area contributed by atoms with E-state index in [1.165, 1.54) is 0 Å². The van der Waals surface area contributed by atoms with Crippen LogP contribution in [0.5, 0.6) is 0 Å². The van der Waals surface area contributed by atoms with Gasteiger partial charge in [-0.2, -0.15) is 0 Å². The van der Waals surface area contributed by atoms with Crippen molar-refractivity contribution >= 4 is 37.7 Å². The molecule has 2 heterocycles. The summed E-state index contributed by atoms with van der Waals surface area (Å²) in [4.78, 5) is 13.0. The molecule has 6 heteroatoms. The van der Waals surface area contributed by atoms with Gasteiger partial charge in [0.15, 0.2) is 5.82 Å². The highest BCUT2D eigenvalue weighted by Gasteiger charge is 2.13. The third-order valence-corrected chi connectivity index (χ3v) is 3.81. The van der Waals surface area contributed by atoms with Crippen LogP contribution in [0.1, 0.15) is 19.5 Å². The molecule has 0 saturated heterocycles.